The summed E-state index contributed by atoms with van der Waals surface area (Å²) in [5.74, 6) is 0.288. The van der Waals surface area contributed by atoms with Crippen LogP contribution in [0.3, 0.4) is 0 Å². The van der Waals surface area contributed by atoms with Crippen LogP contribution in [-0.2, 0) is 9.53 Å². The topological polar surface area (TPSA) is 41.6 Å². The Hall–Kier alpha value is -0.610. The van der Waals surface area contributed by atoms with Gasteiger partial charge in [0.15, 0.2) is 0 Å². The van der Waals surface area contributed by atoms with Gasteiger partial charge in [0.2, 0.25) is 5.91 Å². The zero-order valence-electron chi connectivity index (χ0n) is 10.8. The van der Waals surface area contributed by atoms with Crippen molar-refractivity contribution in [1.29, 1.82) is 0 Å². The van der Waals surface area contributed by atoms with Gasteiger partial charge in [0.25, 0.3) is 0 Å². The summed E-state index contributed by atoms with van der Waals surface area (Å²) >= 11 is 0. The number of ether oxygens (including phenoxy) is 1. The van der Waals surface area contributed by atoms with E-state index in [1.54, 1.807) is 0 Å². The second kappa shape index (κ2) is 6.21. The number of hydrogen-bond donors (Lipinski definition) is 1. The third-order valence-electron chi connectivity index (χ3n) is 3.01. The number of carbonyl (C=O) groups excluding carboxylic acids is 1. The first-order chi connectivity index (χ1) is 7.56. The van der Waals surface area contributed by atoms with E-state index in [9.17, 15) is 4.79 Å². The largest absolute Gasteiger partial charge is 0.375 e. The lowest BCUT2D eigenvalue weighted by atomic mass is 10.1. The van der Waals surface area contributed by atoms with Gasteiger partial charge in [-0.2, -0.15) is 0 Å². The molecule has 0 aromatic heterocycles. The minimum Gasteiger partial charge on any atom is -0.375 e. The van der Waals surface area contributed by atoms with Crippen LogP contribution in [0.4, 0.5) is 0 Å². The Morgan fingerprint density at radius 1 is 1.56 bits per heavy atom. The highest BCUT2D eigenvalue weighted by Gasteiger charge is 2.29. The summed E-state index contributed by atoms with van der Waals surface area (Å²) in [6, 6.07) is 0.202. The number of rotatable bonds is 4. The lowest BCUT2D eigenvalue weighted by molar-refractivity contribution is -0.146. The molecule has 1 rings (SSSR count). The highest BCUT2D eigenvalue weighted by molar-refractivity contribution is 5.79. The van der Waals surface area contributed by atoms with Crippen LogP contribution in [0.1, 0.15) is 27.7 Å². The molecule has 94 valence electrons. The molecular formula is C12H24N2O2. The van der Waals surface area contributed by atoms with Gasteiger partial charge in [-0.1, -0.05) is 13.8 Å². The van der Waals surface area contributed by atoms with Crippen molar-refractivity contribution in [3.05, 3.63) is 0 Å². The fourth-order valence-corrected chi connectivity index (χ4v) is 1.94. The van der Waals surface area contributed by atoms with Crippen LogP contribution in [0.5, 0.6) is 0 Å². The average molecular weight is 228 g/mol. The summed E-state index contributed by atoms with van der Waals surface area (Å²) in [4.78, 5) is 14.1. The van der Waals surface area contributed by atoms with E-state index in [0.717, 1.165) is 19.6 Å². The molecule has 4 heteroatoms. The Kier molecular flexibility index (Phi) is 5.22. The standard InChI is InChI=1S/C12H24N2O2/c1-5-13-6-9(2)12(15)14-7-11(4)16-8-10(14)3/h9-11,13H,5-8H2,1-4H3. The molecule has 0 aromatic rings. The molecule has 1 N–H and O–H groups in total. The van der Waals surface area contributed by atoms with E-state index in [1.165, 1.54) is 0 Å². The van der Waals surface area contributed by atoms with Crippen molar-refractivity contribution in [2.24, 2.45) is 5.92 Å². The summed E-state index contributed by atoms with van der Waals surface area (Å²) < 4.78 is 5.52. The molecule has 0 spiro atoms. The lowest BCUT2D eigenvalue weighted by Crippen LogP contribution is -2.52. The molecule has 1 fully saturated rings. The van der Waals surface area contributed by atoms with Crippen molar-refractivity contribution in [1.82, 2.24) is 10.2 Å². The molecule has 0 saturated carbocycles. The van der Waals surface area contributed by atoms with Gasteiger partial charge in [0.05, 0.1) is 18.8 Å². The van der Waals surface area contributed by atoms with Gasteiger partial charge < -0.3 is 15.0 Å². The second-order valence-corrected chi connectivity index (χ2v) is 4.69. The molecule has 1 aliphatic rings. The fraction of sp³-hybridized carbons (Fsp3) is 0.917. The number of hydrogen-bond acceptors (Lipinski definition) is 3. The third kappa shape index (κ3) is 3.46. The molecule has 0 bridgehead atoms. The number of nitrogens with one attached hydrogen (secondary N) is 1. The minimum atomic E-state index is 0.0488. The van der Waals surface area contributed by atoms with Crippen molar-refractivity contribution in [2.45, 2.75) is 39.8 Å². The first kappa shape index (κ1) is 13.5. The van der Waals surface area contributed by atoms with Crippen molar-refractivity contribution in [3.8, 4) is 0 Å². The number of amides is 1. The van der Waals surface area contributed by atoms with Crippen molar-refractivity contribution >= 4 is 5.91 Å². The fourth-order valence-electron chi connectivity index (χ4n) is 1.94. The highest BCUT2D eigenvalue weighted by atomic mass is 16.5. The molecule has 3 unspecified atom stereocenters. The smallest absolute Gasteiger partial charge is 0.227 e. The summed E-state index contributed by atoms with van der Waals surface area (Å²) in [6.07, 6.45) is 0.159. The predicted octanol–water partition coefficient (Wildman–Crippen LogP) is 0.868. The zero-order chi connectivity index (χ0) is 12.1. The van der Waals surface area contributed by atoms with Crippen LogP contribution in [0.2, 0.25) is 0 Å². The van der Waals surface area contributed by atoms with Crippen molar-refractivity contribution in [3.63, 3.8) is 0 Å². The predicted molar refractivity (Wildman–Crippen MR) is 64.3 cm³/mol. The second-order valence-electron chi connectivity index (χ2n) is 4.69. The third-order valence-corrected chi connectivity index (χ3v) is 3.01. The first-order valence-corrected chi connectivity index (χ1v) is 6.19. The van der Waals surface area contributed by atoms with E-state index in [2.05, 4.69) is 12.2 Å². The molecule has 16 heavy (non-hydrogen) atoms. The van der Waals surface area contributed by atoms with Gasteiger partial charge in [-0.3, -0.25) is 4.79 Å². The van der Waals surface area contributed by atoms with Gasteiger partial charge in [-0.05, 0) is 20.4 Å². The van der Waals surface area contributed by atoms with Gasteiger partial charge in [0, 0.05) is 19.0 Å². The molecule has 1 aliphatic heterocycles. The molecule has 1 amide bonds. The Morgan fingerprint density at radius 3 is 2.88 bits per heavy atom. The van der Waals surface area contributed by atoms with Crippen LogP contribution >= 0.6 is 0 Å². The maximum atomic E-state index is 12.2. The quantitative estimate of drug-likeness (QED) is 0.776. The summed E-state index contributed by atoms with van der Waals surface area (Å²) in [7, 11) is 0. The number of nitrogens with zero attached hydrogens (tertiary/aromatic N) is 1. The van der Waals surface area contributed by atoms with E-state index >= 15 is 0 Å². The van der Waals surface area contributed by atoms with Crippen LogP contribution in [-0.4, -0.2) is 49.2 Å². The Morgan fingerprint density at radius 2 is 2.25 bits per heavy atom. The van der Waals surface area contributed by atoms with Crippen molar-refractivity contribution < 1.29 is 9.53 Å². The van der Waals surface area contributed by atoms with Crippen molar-refractivity contribution in [2.75, 3.05) is 26.2 Å². The molecule has 1 saturated heterocycles. The molecule has 0 radical (unpaired) electrons. The van der Waals surface area contributed by atoms with Crippen LogP contribution in [0, 0.1) is 5.92 Å². The van der Waals surface area contributed by atoms with E-state index in [0.29, 0.717) is 6.61 Å². The van der Waals surface area contributed by atoms with Crippen LogP contribution in [0.15, 0.2) is 0 Å². The van der Waals surface area contributed by atoms with E-state index in [-0.39, 0.29) is 24.0 Å². The maximum Gasteiger partial charge on any atom is 0.227 e. The monoisotopic (exact) mass is 228 g/mol. The maximum absolute atomic E-state index is 12.2. The molecule has 4 nitrogen and oxygen atoms in total. The summed E-state index contributed by atoms with van der Waals surface area (Å²) in [5, 5.41) is 3.22. The molecular weight excluding hydrogens is 204 g/mol. The Bertz CT molecular complexity index is 233. The minimum absolute atomic E-state index is 0.0488. The number of carbonyl (C=O) groups is 1. The summed E-state index contributed by atoms with van der Waals surface area (Å²) in [5.41, 5.74) is 0. The van der Waals surface area contributed by atoms with E-state index in [1.807, 2.05) is 25.7 Å². The van der Waals surface area contributed by atoms with Crippen LogP contribution < -0.4 is 5.32 Å². The Labute approximate surface area is 98.3 Å². The van der Waals surface area contributed by atoms with Gasteiger partial charge in [-0.15, -0.1) is 0 Å². The van der Waals surface area contributed by atoms with Gasteiger partial charge in [0.1, 0.15) is 0 Å². The average Bonchev–Trinajstić information content (AvgIpc) is 2.28. The lowest BCUT2D eigenvalue weighted by Gasteiger charge is -2.38. The zero-order valence-corrected chi connectivity index (χ0v) is 10.8. The van der Waals surface area contributed by atoms with Gasteiger partial charge >= 0.3 is 0 Å². The molecule has 1 heterocycles. The molecule has 3 atom stereocenters. The highest BCUT2D eigenvalue weighted by Crippen LogP contribution is 2.14. The molecule has 0 aromatic carbocycles. The van der Waals surface area contributed by atoms with Gasteiger partial charge in [-0.25, -0.2) is 0 Å². The Balaban J connectivity index is 2.50. The van der Waals surface area contributed by atoms with E-state index in [4.69, 9.17) is 4.74 Å². The molecule has 0 aliphatic carbocycles. The SMILES string of the molecule is CCNCC(C)C(=O)N1CC(C)OCC1C. The summed E-state index contributed by atoms with van der Waals surface area (Å²) in [6.45, 7) is 11.1. The first-order valence-electron chi connectivity index (χ1n) is 6.19. The number of morpholine rings is 1. The van der Waals surface area contributed by atoms with Crippen LogP contribution in [0.25, 0.3) is 0 Å². The van der Waals surface area contributed by atoms with E-state index < -0.39 is 0 Å². The normalized spacial score (nSPS) is 27.9.